The average Bonchev–Trinajstić information content (AvgIpc) is 3.11. The second-order valence-corrected chi connectivity index (χ2v) is 5.43. The van der Waals surface area contributed by atoms with Gasteiger partial charge in [-0.2, -0.15) is 0 Å². The topological polar surface area (TPSA) is 69.6 Å². The molecule has 1 aromatic carbocycles. The van der Waals surface area contributed by atoms with E-state index in [2.05, 4.69) is 40.5 Å². The summed E-state index contributed by atoms with van der Waals surface area (Å²) in [6.07, 6.45) is 4.40. The predicted octanol–water partition coefficient (Wildman–Crippen LogP) is 3.29. The molecule has 1 heterocycles. The van der Waals surface area contributed by atoms with E-state index in [1.54, 1.807) is 0 Å². The van der Waals surface area contributed by atoms with Crippen LogP contribution in [0.15, 0.2) is 30.3 Å². The third-order valence-electron chi connectivity index (χ3n) is 3.59. The fourth-order valence-electron chi connectivity index (χ4n) is 2.43. The lowest BCUT2D eigenvalue weighted by Crippen LogP contribution is -2.35. The molecule has 1 unspecified atom stereocenters. The Morgan fingerprint density at radius 3 is 2.29 bits per heavy atom. The van der Waals surface area contributed by atoms with Crippen LogP contribution in [0.4, 0.5) is 0 Å². The molecule has 1 atom stereocenters. The van der Waals surface area contributed by atoms with Crippen LogP contribution in [-0.4, -0.2) is 41.5 Å². The molecule has 0 spiro atoms. The first-order chi connectivity index (χ1) is 11.7. The Hall–Kier alpha value is -1.88. The number of benzene rings is 1. The molecule has 1 saturated heterocycles. The highest BCUT2D eigenvalue weighted by Gasteiger charge is 2.13. The molecule has 0 aromatic heterocycles. The molecule has 1 amide bonds. The van der Waals surface area contributed by atoms with Crippen LogP contribution in [0.3, 0.4) is 0 Å². The summed E-state index contributed by atoms with van der Waals surface area (Å²) in [7, 11) is 0. The number of carbonyl (C=O) groups is 2. The first-order valence-corrected chi connectivity index (χ1v) is 8.86. The quantitative estimate of drug-likeness (QED) is 0.750. The van der Waals surface area contributed by atoms with Gasteiger partial charge in [0.2, 0.25) is 6.41 Å². The van der Waals surface area contributed by atoms with Gasteiger partial charge in [-0.25, -0.2) is 4.79 Å². The highest BCUT2D eigenvalue weighted by atomic mass is 16.4. The number of nitrogens with one attached hydrogen (secondary N) is 1. The van der Waals surface area contributed by atoms with Gasteiger partial charge in [-0.3, -0.25) is 9.69 Å². The lowest BCUT2D eigenvalue weighted by atomic mass is 10.2. The summed E-state index contributed by atoms with van der Waals surface area (Å²) in [4.78, 5) is 22.6. The third kappa shape index (κ3) is 10.0. The minimum Gasteiger partial charge on any atom is -0.480 e. The summed E-state index contributed by atoms with van der Waals surface area (Å²) < 4.78 is 0. The van der Waals surface area contributed by atoms with E-state index >= 15 is 0 Å². The minimum absolute atomic E-state index is 0.411. The van der Waals surface area contributed by atoms with E-state index in [4.69, 9.17) is 5.11 Å². The van der Waals surface area contributed by atoms with Crippen molar-refractivity contribution in [3.8, 4) is 0 Å². The lowest BCUT2D eigenvalue weighted by Gasteiger charge is -2.13. The summed E-state index contributed by atoms with van der Waals surface area (Å²) in [5.74, 6) is -0.978. The first kappa shape index (κ1) is 22.1. The van der Waals surface area contributed by atoms with Crippen molar-refractivity contribution in [3.63, 3.8) is 0 Å². The molecular weight excluding hydrogens is 304 g/mol. The number of carboxylic acid groups (broad SMARTS) is 1. The van der Waals surface area contributed by atoms with Gasteiger partial charge in [0.05, 0.1) is 0 Å². The Morgan fingerprint density at radius 1 is 1.25 bits per heavy atom. The zero-order valence-electron chi connectivity index (χ0n) is 15.2. The van der Waals surface area contributed by atoms with Crippen LogP contribution in [-0.2, 0) is 16.1 Å². The van der Waals surface area contributed by atoms with E-state index in [1.165, 1.54) is 31.5 Å². The van der Waals surface area contributed by atoms with Gasteiger partial charge in [-0.1, -0.05) is 57.5 Å². The van der Waals surface area contributed by atoms with Crippen LogP contribution >= 0.6 is 0 Å². The smallest absolute Gasteiger partial charge is 0.326 e. The maximum Gasteiger partial charge on any atom is 0.326 e. The van der Waals surface area contributed by atoms with Gasteiger partial charge in [-0.05, 0) is 37.9 Å². The fourth-order valence-corrected chi connectivity index (χ4v) is 2.43. The minimum atomic E-state index is -0.978. The van der Waals surface area contributed by atoms with E-state index in [-0.39, 0.29) is 0 Å². The number of rotatable bonds is 7. The third-order valence-corrected chi connectivity index (χ3v) is 3.59. The second-order valence-electron chi connectivity index (χ2n) is 5.43. The van der Waals surface area contributed by atoms with Crippen LogP contribution in [0.25, 0.3) is 0 Å². The monoisotopic (exact) mass is 336 g/mol. The van der Waals surface area contributed by atoms with Crippen molar-refractivity contribution in [1.82, 2.24) is 10.2 Å². The van der Waals surface area contributed by atoms with Gasteiger partial charge in [0.25, 0.3) is 0 Å². The lowest BCUT2D eigenvalue weighted by molar-refractivity contribution is -0.140. The van der Waals surface area contributed by atoms with E-state index in [9.17, 15) is 9.59 Å². The van der Waals surface area contributed by atoms with Gasteiger partial charge in [-0.15, -0.1) is 0 Å². The summed E-state index contributed by atoms with van der Waals surface area (Å²) in [5, 5.41) is 10.6. The van der Waals surface area contributed by atoms with Crippen LogP contribution in [0.1, 0.15) is 52.0 Å². The molecule has 2 N–H and O–H groups in total. The molecule has 5 heteroatoms. The van der Waals surface area contributed by atoms with Crippen molar-refractivity contribution in [3.05, 3.63) is 35.9 Å². The van der Waals surface area contributed by atoms with E-state index in [1.807, 2.05) is 20.8 Å². The fraction of sp³-hybridized carbons (Fsp3) is 0.579. The van der Waals surface area contributed by atoms with Crippen molar-refractivity contribution in [2.24, 2.45) is 0 Å². The molecule has 5 nitrogen and oxygen atoms in total. The summed E-state index contributed by atoms with van der Waals surface area (Å²) in [5.41, 5.74) is 1.44. The highest BCUT2D eigenvalue weighted by Crippen LogP contribution is 2.11. The molecule has 0 bridgehead atoms. The maximum absolute atomic E-state index is 10.3. The molecule has 0 saturated carbocycles. The molecular formula is C19H32N2O3. The Kier molecular flexibility index (Phi) is 13.5. The van der Waals surface area contributed by atoms with Gasteiger partial charge in [0.15, 0.2) is 0 Å². The van der Waals surface area contributed by atoms with E-state index in [0.717, 1.165) is 13.0 Å². The Labute approximate surface area is 146 Å². The maximum atomic E-state index is 10.3. The van der Waals surface area contributed by atoms with Crippen LogP contribution in [0.5, 0.6) is 0 Å². The molecule has 1 aliphatic rings. The largest absolute Gasteiger partial charge is 0.480 e. The van der Waals surface area contributed by atoms with Crippen LogP contribution < -0.4 is 5.32 Å². The van der Waals surface area contributed by atoms with Crippen molar-refractivity contribution < 1.29 is 14.7 Å². The molecule has 1 aliphatic heterocycles. The zero-order valence-corrected chi connectivity index (χ0v) is 15.2. The summed E-state index contributed by atoms with van der Waals surface area (Å²) in [6, 6.07) is 10.0. The summed E-state index contributed by atoms with van der Waals surface area (Å²) >= 11 is 0. The standard InChI is InChI=1S/C11H15N.C6H11NO3.C2H6/c1-2-6-11(7-3-1)10-12-8-4-5-9-12;1-2-3-5(6(9)10)7-4-8;1-2/h1-3,6-7H,4-5,8-10H2;4-5H,2-3H2,1H3,(H,7,8)(H,9,10);1-2H3. The van der Waals surface area contributed by atoms with E-state index in [0.29, 0.717) is 12.8 Å². The summed E-state index contributed by atoms with van der Waals surface area (Å²) in [6.45, 7) is 9.58. The number of aliphatic carboxylic acids is 1. The van der Waals surface area contributed by atoms with Crippen LogP contribution in [0.2, 0.25) is 0 Å². The molecule has 1 aromatic rings. The molecule has 136 valence electrons. The highest BCUT2D eigenvalue weighted by molar-refractivity contribution is 5.76. The number of carbonyl (C=O) groups excluding carboxylic acids is 1. The SMILES string of the molecule is CC.CCCC(NC=O)C(=O)O.c1ccc(CN2CCCC2)cc1. The Bertz CT molecular complexity index is 431. The first-order valence-electron chi connectivity index (χ1n) is 8.86. The molecule has 2 rings (SSSR count). The number of hydrogen-bond donors (Lipinski definition) is 2. The molecule has 0 aliphatic carbocycles. The Morgan fingerprint density at radius 2 is 1.83 bits per heavy atom. The van der Waals surface area contributed by atoms with Crippen molar-refractivity contribution in [2.75, 3.05) is 13.1 Å². The predicted molar refractivity (Wildman–Crippen MR) is 97.8 cm³/mol. The Balaban J connectivity index is 0.000000407. The molecule has 0 radical (unpaired) electrons. The van der Waals surface area contributed by atoms with Crippen LogP contribution in [0, 0.1) is 0 Å². The van der Waals surface area contributed by atoms with Gasteiger partial charge in [0.1, 0.15) is 6.04 Å². The normalized spacial score (nSPS) is 14.5. The number of hydrogen-bond acceptors (Lipinski definition) is 3. The second kappa shape index (κ2) is 14.7. The molecule has 1 fully saturated rings. The molecule has 24 heavy (non-hydrogen) atoms. The van der Waals surface area contributed by atoms with Gasteiger partial charge in [0, 0.05) is 6.54 Å². The van der Waals surface area contributed by atoms with Crippen molar-refractivity contribution in [2.45, 2.75) is 59.0 Å². The number of nitrogens with zero attached hydrogens (tertiary/aromatic N) is 1. The number of amides is 1. The van der Waals surface area contributed by atoms with Gasteiger partial charge >= 0.3 is 5.97 Å². The van der Waals surface area contributed by atoms with Crippen molar-refractivity contribution in [1.29, 1.82) is 0 Å². The number of carboxylic acids is 1. The average molecular weight is 336 g/mol. The van der Waals surface area contributed by atoms with E-state index < -0.39 is 12.0 Å². The zero-order chi connectivity index (χ0) is 18.2. The van der Waals surface area contributed by atoms with Gasteiger partial charge < -0.3 is 10.4 Å². The van der Waals surface area contributed by atoms with Crippen molar-refractivity contribution >= 4 is 12.4 Å². The number of likely N-dealkylation sites (tertiary alicyclic amines) is 1.